The van der Waals surface area contributed by atoms with Crippen LogP contribution in [0.15, 0.2) is 65.5 Å². The maximum atomic E-state index is 13.9. The van der Waals surface area contributed by atoms with E-state index in [9.17, 15) is 28.8 Å². The minimum absolute atomic E-state index is 0.0717. The lowest BCUT2D eigenvalue weighted by molar-refractivity contribution is -0.130. The average molecular weight is 866 g/mol. The topological polar surface area (TPSA) is 204 Å². The molecule has 0 bridgehead atoms. The van der Waals surface area contributed by atoms with Gasteiger partial charge in [-0.1, -0.05) is 30.3 Å². The van der Waals surface area contributed by atoms with Crippen molar-refractivity contribution >= 4 is 46.5 Å². The second-order valence-corrected chi connectivity index (χ2v) is 19.1. The quantitative estimate of drug-likeness (QED) is 0.0898. The Morgan fingerprint density at radius 1 is 0.841 bits per heavy atom. The number of benzene rings is 3. The third-order valence-electron chi connectivity index (χ3n) is 11.7. The summed E-state index contributed by atoms with van der Waals surface area (Å²) in [7, 11) is 0. The Balaban J connectivity index is 1.08. The summed E-state index contributed by atoms with van der Waals surface area (Å²) in [6.45, 7) is 15.9. The van der Waals surface area contributed by atoms with Gasteiger partial charge in [-0.15, -0.1) is 0 Å². The fourth-order valence-corrected chi connectivity index (χ4v) is 8.36. The Morgan fingerprint density at radius 3 is 2.19 bits per heavy atom. The van der Waals surface area contributed by atoms with Crippen molar-refractivity contribution < 1.29 is 33.4 Å². The number of hydrogen-bond acceptors (Lipinski definition) is 8. The van der Waals surface area contributed by atoms with Crippen LogP contribution in [0, 0.1) is 18.8 Å². The van der Waals surface area contributed by atoms with Crippen molar-refractivity contribution in [1.82, 2.24) is 31.0 Å². The van der Waals surface area contributed by atoms with Gasteiger partial charge in [0.15, 0.2) is 0 Å². The number of anilines is 1. The highest BCUT2D eigenvalue weighted by molar-refractivity contribution is 5.99. The molecule has 1 saturated heterocycles. The number of amides is 5. The number of aromatic amines is 2. The van der Waals surface area contributed by atoms with Crippen LogP contribution >= 0.6 is 0 Å². The van der Waals surface area contributed by atoms with Gasteiger partial charge >= 0.3 is 12.2 Å². The minimum Gasteiger partial charge on any atom is -0.444 e. The van der Waals surface area contributed by atoms with Crippen LogP contribution in [-0.2, 0) is 25.5 Å². The summed E-state index contributed by atoms with van der Waals surface area (Å²) in [6.07, 6.45) is 3.45. The summed E-state index contributed by atoms with van der Waals surface area (Å²) in [5.74, 6) is -0.824. The first-order valence-corrected chi connectivity index (χ1v) is 22.0. The number of alkyl carbamates (subject to hydrolysis) is 1. The van der Waals surface area contributed by atoms with Crippen molar-refractivity contribution in [2.75, 3.05) is 18.4 Å². The van der Waals surface area contributed by atoms with Gasteiger partial charge in [-0.3, -0.25) is 29.4 Å². The summed E-state index contributed by atoms with van der Waals surface area (Å²) < 4.78 is 10.9. The molecule has 338 valence electrons. The maximum absolute atomic E-state index is 13.9. The van der Waals surface area contributed by atoms with Gasteiger partial charge in [-0.25, -0.2) is 9.59 Å². The molecule has 6 rings (SSSR count). The van der Waals surface area contributed by atoms with Crippen LogP contribution in [0.1, 0.15) is 108 Å². The third kappa shape index (κ3) is 12.7. The van der Waals surface area contributed by atoms with Gasteiger partial charge in [0, 0.05) is 48.8 Å². The number of H-pyrrole nitrogens is 2. The van der Waals surface area contributed by atoms with E-state index in [1.165, 1.54) is 0 Å². The molecular weight excluding hydrogens is 803 g/mol. The number of rotatable bonds is 11. The van der Waals surface area contributed by atoms with Gasteiger partial charge < -0.3 is 35.6 Å². The molecule has 4 aromatic rings. The number of carbonyl (C=O) groups is 5. The Bertz CT molecular complexity index is 2350. The molecule has 3 atom stereocenters. The Morgan fingerprint density at radius 2 is 1.54 bits per heavy atom. The molecule has 1 saturated carbocycles. The van der Waals surface area contributed by atoms with E-state index in [4.69, 9.17) is 9.47 Å². The van der Waals surface area contributed by atoms with Crippen molar-refractivity contribution in [2.45, 2.75) is 130 Å². The fourth-order valence-electron chi connectivity index (χ4n) is 8.36. The Kier molecular flexibility index (Phi) is 14.4. The number of nitrogens with zero attached hydrogens (tertiary/aromatic N) is 1. The molecule has 0 spiro atoms. The van der Waals surface area contributed by atoms with E-state index in [1.54, 1.807) is 23.1 Å². The first-order chi connectivity index (χ1) is 29.7. The number of aryl methyl sites for hydroxylation is 1. The summed E-state index contributed by atoms with van der Waals surface area (Å²) in [5, 5.41) is 17.8. The van der Waals surface area contributed by atoms with Crippen LogP contribution in [0.3, 0.4) is 0 Å². The molecule has 63 heavy (non-hydrogen) atoms. The molecule has 1 aliphatic carbocycles. The zero-order valence-corrected chi connectivity index (χ0v) is 37.7. The molecule has 2 unspecified atom stereocenters. The molecule has 1 aromatic heterocycles. The van der Waals surface area contributed by atoms with Crippen LogP contribution in [0.25, 0.3) is 22.0 Å². The molecule has 6 N–H and O–H groups in total. The second kappa shape index (κ2) is 19.5. The van der Waals surface area contributed by atoms with Crippen LogP contribution in [0.4, 0.5) is 15.3 Å². The molecule has 2 fully saturated rings. The molecule has 5 amide bonds. The van der Waals surface area contributed by atoms with E-state index in [0.717, 1.165) is 35.1 Å². The van der Waals surface area contributed by atoms with Crippen molar-refractivity contribution in [1.29, 1.82) is 0 Å². The summed E-state index contributed by atoms with van der Waals surface area (Å²) in [5.41, 5.74) is 3.79. The molecule has 3 aromatic carbocycles. The largest absolute Gasteiger partial charge is 0.444 e. The highest BCUT2D eigenvalue weighted by Crippen LogP contribution is 2.30. The van der Waals surface area contributed by atoms with E-state index in [1.807, 2.05) is 97.9 Å². The molecule has 2 aliphatic rings. The number of piperidine rings is 1. The highest BCUT2D eigenvalue weighted by atomic mass is 16.6. The number of fused-ring (bicyclic) bond motifs is 1. The van der Waals surface area contributed by atoms with Crippen LogP contribution in [-0.4, -0.2) is 87.4 Å². The zero-order valence-electron chi connectivity index (χ0n) is 37.7. The average Bonchev–Trinajstić information content (AvgIpc) is 3.58. The van der Waals surface area contributed by atoms with Crippen LogP contribution < -0.4 is 26.8 Å². The van der Waals surface area contributed by atoms with E-state index in [-0.39, 0.29) is 53.8 Å². The lowest BCUT2D eigenvalue weighted by Crippen LogP contribution is -2.52. The number of carbonyl (C=O) groups excluding carboxylic acids is 5. The van der Waals surface area contributed by atoms with Gasteiger partial charge in [0.1, 0.15) is 17.2 Å². The summed E-state index contributed by atoms with van der Waals surface area (Å²) >= 11 is 0. The zero-order chi connectivity index (χ0) is 45.6. The first-order valence-electron chi connectivity index (χ1n) is 22.0. The molecule has 0 radical (unpaired) electrons. The van der Waals surface area contributed by atoms with E-state index in [2.05, 4.69) is 31.5 Å². The van der Waals surface area contributed by atoms with Crippen LogP contribution in [0.2, 0.25) is 0 Å². The second-order valence-electron chi connectivity index (χ2n) is 19.1. The monoisotopic (exact) mass is 865 g/mol. The number of ether oxygens (including phenoxy) is 2. The predicted octanol–water partition coefficient (Wildman–Crippen LogP) is 7.35. The minimum atomic E-state index is -0.900. The highest BCUT2D eigenvalue weighted by Gasteiger charge is 2.33. The molecule has 15 nitrogen and oxygen atoms in total. The Hall–Kier alpha value is -6.12. The summed E-state index contributed by atoms with van der Waals surface area (Å²) in [4.78, 5) is 79.7. The number of hydrogen-bond donors (Lipinski definition) is 6. The number of aromatic nitrogens is 2. The van der Waals surface area contributed by atoms with Crippen molar-refractivity contribution in [3.63, 3.8) is 0 Å². The third-order valence-corrected chi connectivity index (χ3v) is 11.7. The summed E-state index contributed by atoms with van der Waals surface area (Å²) in [6, 6.07) is 17.3. The van der Waals surface area contributed by atoms with Crippen molar-refractivity contribution in [3.05, 3.63) is 87.7 Å². The van der Waals surface area contributed by atoms with Gasteiger partial charge in [-0.2, -0.15) is 0 Å². The normalized spacial score (nSPS) is 19.7. The Labute approximate surface area is 368 Å². The van der Waals surface area contributed by atoms with Gasteiger partial charge in [-0.05, 0) is 152 Å². The van der Waals surface area contributed by atoms with Crippen LogP contribution in [0.5, 0.6) is 0 Å². The standard InChI is InChI=1S/C48H63N7O8/c1-28-23-34(42(57)50-36-21-22-55(29(2)24-36)46(61)63-48(6,7)8)17-19-37(28)32-13-9-30(10-14-32)25-40(44(59)51-35-18-20-38-39(26-35)53-54-43(38)58)52-41(56)33-15-11-31(12-16-33)27-49-45(60)62-47(3,4)5/h9-10,13-14,17-20,23,26,29,31,33,36,40H,11-12,15-16,21-22,24-25,27H2,1-8H3,(H,49,60)(H,50,57)(H,51,59)(H,52,56)(H2,53,54,58)/t29?,31-,33-,36?,40-/m0/s1. The molecule has 2 heterocycles. The predicted molar refractivity (Wildman–Crippen MR) is 242 cm³/mol. The maximum Gasteiger partial charge on any atom is 0.410 e. The lowest BCUT2D eigenvalue weighted by Gasteiger charge is -2.38. The lowest BCUT2D eigenvalue weighted by atomic mass is 9.81. The van der Waals surface area contributed by atoms with Crippen molar-refractivity contribution in [2.24, 2.45) is 11.8 Å². The van der Waals surface area contributed by atoms with E-state index in [0.29, 0.717) is 60.9 Å². The van der Waals surface area contributed by atoms with Gasteiger partial charge in [0.2, 0.25) is 11.8 Å². The smallest absolute Gasteiger partial charge is 0.410 e. The number of likely N-dealkylation sites (tertiary alicyclic amines) is 1. The SMILES string of the molecule is Cc1cc(C(=O)NC2CCN(C(=O)OC(C)(C)C)C(C)C2)ccc1-c1ccc(C[C@H](NC(=O)[C@H]2CC[C@H](CNC(=O)OC(C)(C)C)CC2)C(=O)Nc2ccc3c(=O)[nH][nH]c3c2)cc1. The number of nitrogens with one attached hydrogen (secondary N) is 6. The van der Waals surface area contributed by atoms with E-state index < -0.39 is 29.2 Å². The molecule has 15 heteroatoms. The molecule has 1 aliphatic heterocycles. The van der Waals surface area contributed by atoms with E-state index >= 15 is 0 Å². The molecular formula is C48H63N7O8. The van der Waals surface area contributed by atoms with Gasteiger partial charge in [0.05, 0.1) is 10.9 Å². The van der Waals surface area contributed by atoms with Crippen molar-refractivity contribution in [3.8, 4) is 11.1 Å². The first kappa shape index (κ1) is 46.4. The fraction of sp³-hybridized carbons (Fsp3) is 0.500. The van der Waals surface area contributed by atoms with Gasteiger partial charge in [0.25, 0.3) is 11.5 Å².